The number of methoxy groups -OCH3 is 1. The van der Waals surface area contributed by atoms with Crippen LogP contribution in [-0.2, 0) is 4.74 Å². The first-order chi connectivity index (χ1) is 9.30. The first-order valence-corrected chi connectivity index (χ1v) is 8.28. The maximum absolute atomic E-state index is 5.33. The molecule has 1 N–H and O–H groups in total. The fourth-order valence-corrected chi connectivity index (χ4v) is 3.69. The van der Waals surface area contributed by atoms with E-state index in [1.165, 1.54) is 38.5 Å². The van der Waals surface area contributed by atoms with Crippen molar-refractivity contribution in [2.75, 3.05) is 26.8 Å². The maximum Gasteiger partial charge on any atom is 0.0589 e. The number of nitrogens with one attached hydrogen (secondary N) is 1. The van der Waals surface area contributed by atoms with E-state index in [4.69, 9.17) is 4.74 Å². The number of ether oxygens (including phenoxy) is 1. The van der Waals surface area contributed by atoms with Gasteiger partial charge in [-0.1, -0.05) is 20.3 Å². The molecular weight excluding hydrogens is 236 g/mol. The largest absolute Gasteiger partial charge is 0.383 e. The van der Waals surface area contributed by atoms with Gasteiger partial charge in [-0.15, -0.1) is 0 Å². The second-order valence-corrected chi connectivity index (χ2v) is 6.28. The summed E-state index contributed by atoms with van der Waals surface area (Å²) in [6.07, 6.45) is 8.29. The molecule has 0 saturated heterocycles. The van der Waals surface area contributed by atoms with Gasteiger partial charge in [0.25, 0.3) is 0 Å². The fourth-order valence-electron chi connectivity index (χ4n) is 3.69. The van der Waals surface area contributed by atoms with E-state index in [1.807, 2.05) is 7.11 Å². The predicted molar refractivity (Wildman–Crippen MR) is 80.5 cm³/mol. The van der Waals surface area contributed by atoms with Gasteiger partial charge in [0.15, 0.2) is 0 Å². The Hall–Kier alpha value is -0.120. The van der Waals surface area contributed by atoms with Crippen molar-refractivity contribution in [2.24, 2.45) is 5.92 Å². The van der Waals surface area contributed by atoms with E-state index < -0.39 is 0 Å². The number of rotatable bonds is 8. The van der Waals surface area contributed by atoms with Crippen molar-refractivity contribution in [1.29, 1.82) is 0 Å². The lowest BCUT2D eigenvalue weighted by Gasteiger charge is -2.43. The van der Waals surface area contributed by atoms with Crippen LogP contribution in [0.15, 0.2) is 0 Å². The van der Waals surface area contributed by atoms with E-state index in [0.29, 0.717) is 6.04 Å². The molecule has 19 heavy (non-hydrogen) atoms. The molecule has 2 aliphatic rings. The molecule has 3 heteroatoms. The third kappa shape index (κ3) is 4.17. The zero-order valence-corrected chi connectivity index (χ0v) is 13.0. The number of nitrogens with zero attached hydrogens (tertiary/aromatic N) is 1. The summed E-state index contributed by atoms with van der Waals surface area (Å²) < 4.78 is 5.33. The van der Waals surface area contributed by atoms with Crippen LogP contribution < -0.4 is 5.32 Å². The first-order valence-electron chi connectivity index (χ1n) is 8.28. The quantitative estimate of drug-likeness (QED) is 0.732. The predicted octanol–water partition coefficient (Wildman–Crippen LogP) is 2.65. The average molecular weight is 268 g/mol. The van der Waals surface area contributed by atoms with Crippen molar-refractivity contribution < 1.29 is 4.74 Å². The molecular formula is C16H32N2O. The number of likely N-dealkylation sites (N-methyl/N-ethyl adjacent to an activating group) is 1. The Morgan fingerprint density at radius 2 is 1.95 bits per heavy atom. The molecule has 0 bridgehead atoms. The second kappa shape index (κ2) is 7.61. The molecule has 2 saturated carbocycles. The smallest absolute Gasteiger partial charge is 0.0589 e. The van der Waals surface area contributed by atoms with E-state index in [9.17, 15) is 0 Å². The van der Waals surface area contributed by atoms with Gasteiger partial charge < -0.3 is 10.1 Å². The molecule has 0 spiro atoms. The Labute approximate surface area is 119 Å². The number of hydrogen-bond acceptors (Lipinski definition) is 3. The average Bonchev–Trinajstić information content (AvgIpc) is 3.25. The molecule has 2 fully saturated rings. The summed E-state index contributed by atoms with van der Waals surface area (Å²) in [6, 6.07) is 2.28. The van der Waals surface area contributed by atoms with Gasteiger partial charge in [0.05, 0.1) is 6.61 Å². The zero-order valence-electron chi connectivity index (χ0n) is 13.0. The third-order valence-corrected chi connectivity index (χ3v) is 4.96. The summed E-state index contributed by atoms with van der Waals surface area (Å²) in [6.45, 7) is 7.68. The SMILES string of the molecule is CCNC1CCC(CC)CC1N(CCOC)C1CC1. The van der Waals surface area contributed by atoms with E-state index in [2.05, 4.69) is 24.1 Å². The van der Waals surface area contributed by atoms with Gasteiger partial charge in [0, 0.05) is 31.8 Å². The van der Waals surface area contributed by atoms with Gasteiger partial charge in [0.1, 0.15) is 0 Å². The molecule has 112 valence electrons. The highest BCUT2D eigenvalue weighted by molar-refractivity contribution is 4.96. The molecule has 0 amide bonds. The summed E-state index contributed by atoms with van der Waals surface area (Å²) in [5, 5.41) is 3.74. The van der Waals surface area contributed by atoms with Crippen molar-refractivity contribution >= 4 is 0 Å². The van der Waals surface area contributed by atoms with Gasteiger partial charge >= 0.3 is 0 Å². The number of hydrogen-bond donors (Lipinski definition) is 1. The Balaban J connectivity index is 2.00. The lowest BCUT2D eigenvalue weighted by molar-refractivity contribution is 0.0617. The molecule has 0 radical (unpaired) electrons. The summed E-state index contributed by atoms with van der Waals surface area (Å²) in [4.78, 5) is 2.76. The van der Waals surface area contributed by atoms with Crippen LogP contribution in [0.1, 0.15) is 52.4 Å². The van der Waals surface area contributed by atoms with Gasteiger partial charge in [-0.25, -0.2) is 0 Å². The van der Waals surface area contributed by atoms with Crippen LogP contribution in [0.5, 0.6) is 0 Å². The minimum Gasteiger partial charge on any atom is -0.383 e. The van der Waals surface area contributed by atoms with Crippen molar-refractivity contribution in [1.82, 2.24) is 10.2 Å². The van der Waals surface area contributed by atoms with E-state index in [-0.39, 0.29) is 0 Å². The highest BCUT2D eigenvalue weighted by Gasteiger charge is 2.39. The minimum atomic E-state index is 0.699. The van der Waals surface area contributed by atoms with Crippen molar-refractivity contribution in [2.45, 2.75) is 70.5 Å². The Morgan fingerprint density at radius 1 is 1.16 bits per heavy atom. The van der Waals surface area contributed by atoms with Crippen LogP contribution in [0.2, 0.25) is 0 Å². The van der Waals surface area contributed by atoms with E-state index >= 15 is 0 Å². The molecule has 2 rings (SSSR count). The van der Waals surface area contributed by atoms with Gasteiger partial charge in [-0.2, -0.15) is 0 Å². The van der Waals surface area contributed by atoms with Gasteiger partial charge in [-0.3, -0.25) is 4.90 Å². The molecule has 0 aromatic carbocycles. The van der Waals surface area contributed by atoms with Crippen molar-refractivity contribution in [3.8, 4) is 0 Å². The van der Waals surface area contributed by atoms with Crippen LogP contribution in [0, 0.1) is 5.92 Å². The summed E-state index contributed by atoms with van der Waals surface area (Å²) in [5.41, 5.74) is 0. The topological polar surface area (TPSA) is 24.5 Å². The third-order valence-electron chi connectivity index (χ3n) is 4.96. The zero-order chi connectivity index (χ0) is 13.7. The first kappa shape index (κ1) is 15.3. The lowest BCUT2D eigenvalue weighted by atomic mass is 9.80. The van der Waals surface area contributed by atoms with E-state index in [1.54, 1.807) is 0 Å². The highest BCUT2D eigenvalue weighted by atomic mass is 16.5. The van der Waals surface area contributed by atoms with Crippen molar-refractivity contribution in [3.63, 3.8) is 0 Å². The van der Waals surface area contributed by atoms with Crippen LogP contribution in [-0.4, -0.2) is 49.8 Å². The van der Waals surface area contributed by atoms with Crippen LogP contribution >= 0.6 is 0 Å². The molecule has 0 aromatic rings. The van der Waals surface area contributed by atoms with Crippen LogP contribution in [0.3, 0.4) is 0 Å². The second-order valence-electron chi connectivity index (χ2n) is 6.28. The molecule has 3 atom stereocenters. The summed E-state index contributed by atoms with van der Waals surface area (Å²) in [5.74, 6) is 0.934. The maximum atomic E-state index is 5.33. The molecule has 0 aliphatic heterocycles. The van der Waals surface area contributed by atoms with Gasteiger partial charge in [0.2, 0.25) is 0 Å². The Kier molecular flexibility index (Phi) is 6.11. The Bertz CT molecular complexity index is 255. The normalized spacial score (nSPS) is 31.9. The fraction of sp³-hybridized carbons (Fsp3) is 1.00. The molecule has 0 aromatic heterocycles. The molecule has 3 nitrogen and oxygen atoms in total. The molecule has 0 heterocycles. The van der Waals surface area contributed by atoms with Crippen molar-refractivity contribution in [3.05, 3.63) is 0 Å². The highest BCUT2D eigenvalue weighted by Crippen LogP contribution is 2.36. The minimum absolute atomic E-state index is 0.699. The van der Waals surface area contributed by atoms with Crippen LogP contribution in [0.25, 0.3) is 0 Å². The monoisotopic (exact) mass is 268 g/mol. The van der Waals surface area contributed by atoms with Crippen LogP contribution in [0.4, 0.5) is 0 Å². The standard InChI is InChI=1S/C16H32N2O/c1-4-13-6-9-15(17-5-2)16(12-13)18(10-11-19-3)14-7-8-14/h13-17H,4-12H2,1-3H3. The molecule has 2 aliphatic carbocycles. The van der Waals surface area contributed by atoms with E-state index in [0.717, 1.165) is 37.7 Å². The lowest BCUT2D eigenvalue weighted by Crippen LogP contribution is -2.54. The summed E-state index contributed by atoms with van der Waals surface area (Å²) >= 11 is 0. The molecule has 3 unspecified atom stereocenters. The summed E-state index contributed by atoms with van der Waals surface area (Å²) in [7, 11) is 1.82. The van der Waals surface area contributed by atoms with Gasteiger partial charge in [-0.05, 0) is 44.6 Å². The Morgan fingerprint density at radius 3 is 2.53 bits per heavy atom.